The SMILES string of the molecule is O=C(NO)N/C=C/c1ccccc1. The number of hydrogen-bond acceptors (Lipinski definition) is 2. The molecule has 0 saturated carbocycles. The molecule has 0 atom stereocenters. The van der Waals surface area contributed by atoms with E-state index in [4.69, 9.17) is 5.21 Å². The van der Waals surface area contributed by atoms with Crippen LogP contribution in [0.2, 0.25) is 0 Å². The minimum atomic E-state index is -0.660. The Bertz CT molecular complexity index is 296. The molecule has 0 heterocycles. The van der Waals surface area contributed by atoms with Gasteiger partial charge in [0, 0.05) is 6.20 Å². The number of nitrogens with one attached hydrogen (secondary N) is 2. The summed E-state index contributed by atoms with van der Waals surface area (Å²) in [5.41, 5.74) is 2.42. The Morgan fingerprint density at radius 2 is 2.00 bits per heavy atom. The fourth-order valence-corrected chi connectivity index (χ4v) is 0.810. The van der Waals surface area contributed by atoms with Crippen molar-refractivity contribution in [1.29, 1.82) is 0 Å². The number of carbonyl (C=O) groups excluding carboxylic acids is 1. The molecule has 3 N–H and O–H groups in total. The van der Waals surface area contributed by atoms with Gasteiger partial charge in [-0.2, -0.15) is 0 Å². The van der Waals surface area contributed by atoms with Crippen molar-refractivity contribution in [2.24, 2.45) is 0 Å². The van der Waals surface area contributed by atoms with E-state index in [0.717, 1.165) is 5.56 Å². The molecule has 0 unspecified atom stereocenters. The molecule has 0 aliphatic rings. The largest absolute Gasteiger partial charge is 0.342 e. The summed E-state index contributed by atoms with van der Waals surface area (Å²) in [6.07, 6.45) is 3.16. The van der Waals surface area contributed by atoms with Gasteiger partial charge in [-0.1, -0.05) is 30.3 Å². The Morgan fingerprint density at radius 1 is 1.31 bits per heavy atom. The molecule has 2 amide bonds. The van der Waals surface area contributed by atoms with Gasteiger partial charge >= 0.3 is 6.03 Å². The van der Waals surface area contributed by atoms with Crippen LogP contribution in [0.3, 0.4) is 0 Å². The summed E-state index contributed by atoms with van der Waals surface area (Å²) < 4.78 is 0. The zero-order valence-corrected chi connectivity index (χ0v) is 6.90. The second kappa shape index (κ2) is 4.95. The van der Waals surface area contributed by atoms with Crippen molar-refractivity contribution in [3.8, 4) is 0 Å². The van der Waals surface area contributed by atoms with Crippen molar-refractivity contribution in [1.82, 2.24) is 10.8 Å². The first-order valence-corrected chi connectivity index (χ1v) is 3.75. The van der Waals surface area contributed by atoms with Gasteiger partial charge in [0.05, 0.1) is 0 Å². The molecule has 0 aliphatic carbocycles. The summed E-state index contributed by atoms with van der Waals surface area (Å²) >= 11 is 0. The van der Waals surface area contributed by atoms with Crippen molar-refractivity contribution < 1.29 is 10.0 Å². The lowest BCUT2D eigenvalue weighted by molar-refractivity contribution is 0.164. The molecule has 68 valence electrons. The lowest BCUT2D eigenvalue weighted by atomic mass is 10.2. The molecule has 13 heavy (non-hydrogen) atoms. The van der Waals surface area contributed by atoms with Crippen LogP contribution in [-0.4, -0.2) is 11.2 Å². The van der Waals surface area contributed by atoms with Crippen molar-refractivity contribution in [2.75, 3.05) is 0 Å². The third kappa shape index (κ3) is 3.39. The minimum Gasteiger partial charge on any atom is -0.313 e. The molecule has 1 aromatic rings. The lowest BCUT2D eigenvalue weighted by Gasteiger charge is -1.95. The van der Waals surface area contributed by atoms with E-state index in [-0.39, 0.29) is 0 Å². The molecule has 1 rings (SSSR count). The standard InChI is InChI=1S/C9H10N2O2/c12-9(11-13)10-7-6-8-4-2-1-3-5-8/h1-7,13H,(H2,10,11,12)/b7-6+. The molecule has 0 spiro atoms. The van der Waals surface area contributed by atoms with Gasteiger partial charge in [0.2, 0.25) is 0 Å². The van der Waals surface area contributed by atoms with Crippen LogP contribution in [0.15, 0.2) is 36.5 Å². The summed E-state index contributed by atoms with van der Waals surface area (Å²) in [6.45, 7) is 0. The Labute approximate surface area is 75.8 Å². The summed E-state index contributed by atoms with van der Waals surface area (Å²) in [7, 11) is 0. The van der Waals surface area contributed by atoms with E-state index >= 15 is 0 Å². The highest BCUT2D eigenvalue weighted by atomic mass is 16.5. The van der Waals surface area contributed by atoms with E-state index in [1.54, 1.807) is 6.08 Å². The Balaban J connectivity index is 2.45. The maximum atomic E-state index is 10.5. The Hall–Kier alpha value is -1.81. The molecule has 0 aromatic heterocycles. The first kappa shape index (κ1) is 9.28. The van der Waals surface area contributed by atoms with Gasteiger partial charge in [0.15, 0.2) is 0 Å². The third-order valence-electron chi connectivity index (χ3n) is 1.39. The van der Waals surface area contributed by atoms with Crippen LogP contribution in [0.5, 0.6) is 0 Å². The summed E-state index contributed by atoms with van der Waals surface area (Å²) in [5, 5.41) is 10.4. The first-order chi connectivity index (χ1) is 6.33. The zero-order valence-electron chi connectivity index (χ0n) is 6.90. The number of urea groups is 1. The molecular weight excluding hydrogens is 168 g/mol. The predicted molar refractivity (Wildman–Crippen MR) is 48.9 cm³/mol. The quantitative estimate of drug-likeness (QED) is 0.472. The van der Waals surface area contributed by atoms with Crippen LogP contribution in [-0.2, 0) is 0 Å². The molecule has 0 saturated heterocycles. The summed E-state index contributed by atoms with van der Waals surface area (Å²) in [4.78, 5) is 10.5. The smallest absolute Gasteiger partial charge is 0.313 e. The summed E-state index contributed by atoms with van der Waals surface area (Å²) in [6, 6.07) is 8.83. The molecule has 0 bridgehead atoms. The average molecular weight is 178 g/mol. The molecule has 0 fully saturated rings. The van der Waals surface area contributed by atoms with Gasteiger partial charge in [0.25, 0.3) is 0 Å². The van der Waals surface area contributed by atoms with E-state index in [9.17, 15) is 4.79 Å². The number of benzene rings is 1. The zero-order chi connectivity index (χ0) is 9.52. The number of carbonyl (C=O) groups is 1. The van der Waals surface area contributed by atoms with Gasteiger partial charge in [-0.05, 0) is 11.6 Å². The van der Waals surface area contributed by atoms with E-state index in [0.29, 0.717) is 0 Å². The predicted octanol–water partition coefficient (Wildman–Crippen LogP) is 1.35. The van der Waals surface area contributed by atoms with Crippen molar-refractivity contribution in [3.05, 3.63) is 42.1 Å². The second-order valence-electron chi connectivity index (χ2n) is 2.33. The van der Waals surface area contributed by atoms with Gasteiger partial charge in [-0.15, -0.1) is 0 Å². The minimum absolute atomic E-state index is 0.660. The normalized spacial score (nSPS) is 9.92. The molecule has 4 heteroatoms. The van der Waals surface area contributed by atoms with Crippen LogP contribution < -0.4 is 10.8 Å². The van der Waals surface area contributed by atoms with E-state index < -0.39 is 6.03 Å². The highest BCUT2D eigenvalue weighted by Crippen LogP contribution is 1.99. The van der Waals surface area contributed by atoms with Crippen molar-refractivity contribution >= 4 is 12.1 Å². The number of hydrogen-bond donors (Lipinski definition) is 3. The van der Waals surface area contributed by atoms with Crippen LogP contribution >= 0.6 is 0 Å². The fraction of sp³-hybridized carbons (Fsp3) is 0. The number of rotatable bonds is 2. The van der Waals surface area contributed by atoms with Crippen LogP contribution in [0.4, 0.5) is 4.79 Å². The fourth-order valence-electron chi connectivity index (χ4n) is 0.810. The lowest BCUT2D eigenvalue weighted by Crippen LogP contribution is -2.28. The molecular formula is C9H10N2O2. The maximum Gasteiger partial charge on any atom is 0.342 e. The maximum absolute atomic E-state index is 10.5. The van der Waals surface area contributed by atoms with Gasteiger partial charge in [0.1, 0.15) is 0 Å². The van der Waals surface area contributed by atoms with Crippen LogP contribution in [0, 0.1) is 0 Å². The highest BCUT2D eigenvalue weighted by Gasteiger charge is 1.89. The van der Waals surface area contributed by atoms with E-state index in [1.807, 2.05) is 30.3 Å². The molecule has 0 aliphatic heterocycles. The van der Waals surface area contributed by atoms with Gasteiger partial charge < -0.3 is 5.32 Å². The van der Waals surface area contributed by atoms with Crippen molar-refractivity contribution in [2.45, 2.75) is 0 Å². The molecule has 4 nitrogen and oxygen atoms in total. The molecule has 0 radical (unpaired) electrons. The van der Waals surface area contributed by atoms with Gasteiger partial charge in [-0.25, -0.2) is 10.3 Å². The molecule has 1 aromatic carbocycles. The number of hydroxylamine groups is 1. The Kier molecular flexibility index (Phi) is 3.53. The third-order valence-corrected chi connectivity index (χ3v) is 1.39. The topological polar surface area (TPSA) is 61.4 Å². The monoisotopic (exact) mass is 178 g/mol. The highest BCUT2D eigenvalue weighted by molar-refractivity contribution is 5.74. The second-order valence-corrected chi connectivity index (χ2v) is 2.33. The van der Waals surface area contributed by atoms with Crippen LogP contribution in [0.1, 0.15) is 5.56 Å². The van der Waals surface area contributed by atoms with E-state index in [2.05, 4.69) is 5.32 Å². The summed E-state index contributed by atoms with van der Waals surface area (Å²) in [5.74, 6) is 0. The average Bonchev–Trinajstić information content (AvgIpc) is 2.19. The van der Waals surface area contributed by atoms with Crippen LogP contribution in [0.25, 0.3) is 6.08 Å². The van der Waals surface area contributed by atoms with Crippen molar-refractivity contribution in [3.63, 3.8) is 0 Å². The first-order valence-electron chi connectivity index (χ1n) is 3.75. The van der Waals surface area contributed by atoms with E-state index in [1.165, 1.54) is 11.7 Å². The van der Waals surface area contributed by atoms with Gasteiger partial charge in [-0.3, -0.25) is 5.21 Å². The number of amides is 2. The Morgan fingerprint density at radius 3 is 2.62 bits per heavy atom.